The smallest absolute Gasteiger partial charge is 0.240 e. The molecule has 1 aliphatic heterocycles. The van der Waals surface area contributed by atoms with Crippen LogP contribution in [-0.4, -0.2) is 22.2 Å². The Balaban J connectivity index is 2.21. The minimum absolute atomic E-state index is 0.142. The van der Waals surface area contributed by atoms with Gasteiger partial charge in [0.25, 0.3) is 0 Å². The number of carbonyl (C=O) groups excluding carboxylic acids is 1. The summed E-state index contributed by atoms with van der Waals surface area (Å²) in [6, 6.07) is 3.40. The van der Waals surface area contributed by atoms with Crippen LogP contribution in [0.15, 0.2) is 46.6 Å². The van der Waals surface area contributed by atoms with Crippen LogP contribution in [0.1, 0.15) is 65.4 Å². The first-order valence-corrected chi connectivity index (χ1v) is 10.1. The van der Waals surface area contributed by atoms with Gasteiger partial charge in [0.15, 0.2) is 0 Å². The predicted molar refractivity (Wildman–Crippen MR) is 108 cm³/mol. The van der Waals surface area contributed by atoms with Gasteiger partial charge in [0.1, 0.15) is 11.6 Å². The summed E-state index contributed by atoms with van der Waals surface area (Å²) in [5.41, 5.74) is 2.28. The Hall–Kier alpha value is -2.30. The van der Waals surface area contributed by atoms with Gasteiger partial charge in [-0.1, -0.05) is 38.8 Å². The molecule has 3 nitrogen and oxygen atoms in total. The third-order valence-corrected chi connectivity index (χ3v) is 6.16. The Labute approximate surface area is 165 Å². The number of benzene rings is 1. The van der Waals surface area contributed by atoms with E-state index in [-0.39, 0.29) is 17.4 Å². The van der Waals surface area contributed by atoms with Crippen molar-refractivity contribution < 1.29 is 13.6 Å². The summed E-state index contributed by atoms with van der Waals surface area (Å²) in [4.78, 5) is 12.7. The maximum atomic E-state index is 14.5. The van der Waals surface area contributed by atoms with Crippen LogP contribution in [0.3, 0.4) is 0 Å². The van der Waals surface area contributed by atoms with Crippen LogP contribution >= 0.6 is 0 Å². The first kappa shape index (κ1) is 20.4. The highest BCUT2D eigenvalue weighted by molar-refractivity contribution is 6.04. The summed E-state index contributed by atoms with van der Waals surface area (Å²) in [5.74, 6) is -1.03. The molecule has 150 valence electrons. The van der Waals surface area contributed by atoms with Gasteiger partial charge in [-0.05, 0) is 55.0 Å². The highest BCUT2D eigenvalue weighted by Gasteiger charge is 2.52. The number of amides is 1. The highest BCUT2D eigenvalue weighted by Crippen LogP contribution is 2.48. The van der Waals surface area contributed by atoms with Crippen LogP contribution in [0.5, 0.6) is 0 Å². The first-order chi connectivity index (χ1) is 13.3. The second-order valence-electron chi connectivity index (χ2n) is 7.72. The minimum Gasteiger partial charge on any atom is -0.273 e. The van der Waals surface area contributed by atoms with E-state index in [1.807, 2.05) is 0 Å². The van der Waals surface area contributed by atoms with Gasteiger partial charge >= 0.3 is 0 Å². The molecule has 0 spiro atoms. The molecule has 28 heavy (non-hydrogen) atoms. The zero-order valence-electron chi connectivity index (χ0n) is 17.1. The van der Waals surface area contributed by atoms with Gasteiger partial charge in [0.2, 0.25) is 5.91 Å². The van der Waals surface area contributed by atoms with Crippen molar-refractivity contribution in [2.24, 2.45) is 11.0 Å². The second-order valence-corrected chi connectivity index (χ2v) is 7.72. The molecule has 1 aliphatic carbocycles. The molecule has 0 fully saturated rings. The lowest BCUT2D eigenvalue weighted by molar-refractivity contribution is -0.135. The third kappa shape index (κ3) is 3.31. The maximum absolute atomic E-state index is 14.5. The Bertz CT molecular complexity index is 867. The zero-order chi connectivity index (χ0) is 20.5. The molecule has 0 saturated carbocycles. The van der Waals surface area contributed by atoms with Crippen molar-refractivity contribution in [1.29, 1.82) is 0 Å². The Morgan fingerprint density at radius 2 is 2.00 bits per heavy atom. The van der Waals surface area contributed by atoms with Crippen molar-refractivity contribution in [3.63, 3.8) is 0 Å². The van der Waals surface area contributed by atoms with Crippen LogP contribution in [0.25, 0.3) is 0 Å². The van der Waals surface area contributed by atoms with E-state index in [4.69, 9.17) is 0 Å². The molecule has 5 heteroatoms. The van der Waals surface area contributed by atoms with E-state index < -0.39 is 17.2 Å². The number of rotatable bonds is 5. The van der Waals surface area contributed by atoms with Crippen molar-refractivity contribution in [3.8, 4) is 0 Å². The first-order valence-electron chi connectivity index (χ1n) is 10.1. The summed E-state index contributed by atoms with van der Waals surface area (Å²) in [7, 11) is 0. The fourth-order valence-corrected chi connectivity index (χ4v) is 4.90. The summed E-state index contributed by atoms with van der Waals surface area (Å²) in [5, 5.41) is 6.13. The molecule has 1 aromatic carbocycles. The van der Waals surface area contributed by atoms with E-state index in [1.165, 1.54) is 18.6 Å². The number of hydrogen-bond donors (Lipinski definition) is 0. The van der Waals surface area contributed by atoms with Crippen molar-refractivity contribution in [2.75, 3.05) is 0 Å². The molecular weight excluding hydrogens is 358 g/mol. The fraction of sp³-hybridized carbons (Fsp3) is 0.478. The van der Waals surface area contributed by atoms with Crippen LogP contribution in [0.2, 0.25) is 0 Å². The molecule has 0 N–H and O–H groups in total. The molecule has 3 rings (SSSR count). The Morgan fingerprint density at radius 1 is 1.29 bits per heavy atom. The van der Waals surface area contributed by atoms with Gasteiger partial charge in [0.05, 0.1) is 11.3 Å². The van der Waals surface area contributed by atoms with E-state index in [1.54, 1.807) is 5.01 Å². The molecule has 2 aliphatic rings. The lowest BCUT2D eigenvalue weighted by atomic mass is 9.68. The van der Waals surface area contributed by atoms with Gasteiger partial charge in [-0.25, -0.2) is 13.8 Å². The number of nitrogens with zero attached hydrogens (tertiary/aromatic N) is 2. The van der Waals surface area contributed by atoms with Crippen LogP contribution in [0.4, 0.5) is 8.78 Å². The normalized spacial score (nSPS) is 22.2. The highest BCUT2D eigenvalue weighted by atomic mass is 19.1. The lowest BCUT2D eigenvalue weighted by Crippen LogP contribution is -2.53. The van der Waals surface area contributed by atoms with Crippen molar-refractivity contribution in [1.82, 2.24) is 5.01 Å². The van der Waals surface area contributed by atoms with Gasteiger partial charge < -0.3 is 0 Å². The number of halogens is 2. The average molecular weight is 386 g/mol. The summed E-state index contributed by atoms with van der Waals surface area (Å²) < 4.78 is 28.3. The molecule has 0 aromatic heterocycles. The van der Waals surface area contributed by atoms with Gasteiger partial charge in [-0.3, -0.25) is 4.79 Å². The SMILES string of the molecule is CCC(CC)C1(C2=C(C)C=CCC2)CC(c2cc(F)ccc2F)=NN1C(C)=O. The average Bonchev–Trinajstić information content (AvgIpc) is 3.06. The molecule has 0 radical (unpaired) electrons. The molecule has 0 bridgehead atoms. The number of hydrazone groups is 1. The quantitative estimate of drug-likeness (QED) is 0.633. The maximum Gasteiger partial charge on any atom is 0.240 e. The van der Waals surface area contributed by atoms with Crippen LogP contribution < -0.4 is 0 Å². The van der Waals surface area contributed by atoms with Crippen molar-refractivity contribution in [2.45, 2.75) is 65.3 Å². The van der Waals surface area contributed by atoms with E-state index in [0.717, 1.165) is 43.4 Å². The van der Waals surface area contributed by atoms with Crippen molar-refractivity contribution >= 4 is 11.6 Å². The summed E-state index contributed by atoms with van der Waals surface area (Å²) in [6.45, 7) is 7.79. The summed E-state index contributed by atoms with van der Waals surface area (Å²) in [6.07, 6.45) is 8.13. The largest absolute Gasteiger partial charge is 0.273 e. The lowest BCUT2D eigenvalue weighted by Gasteiger charge is -2.45. The third-order valence-electron chi connectivity index (χ3n) is 6.16. The Kier molecular flexibility index (Phi) is 5.82. The van der Waals surface area contributed by atoms with E-state index in [9.17, 15) is 13.6 Å². The minimum atomic E-state index is -0.627. The topological polar surface area (TPSA) is 32.7 Å². The van der Waals surface area contributed by atoms with Gasteiger partial charge in [0, 0.05) is 18.9 Å². The molecular formula is C23H28F2N2O. The molecule has 0 saturated heterocycles. The van der Waals surface area contributed by atoms with E-state index >= 15 is 0 Å². The van der Waals surface area contributed by atoms with E-state index in [2.05, 4.69) is 38.0 Å². The fourth-order valence-electron chi connectivity index (χ4n) is 4.90. The standard InChI is InChI=1S/C23H28F2N2O/c1-5-17(6-2)23(20-10-8-7-9-15(20)3)14-22(26-27(23)16(4)28)19-13-18(24)11-12-21(19)25/h7,9,11-13,17H,5-6,8,10,14H2,1-4H3. The zero-order valence-corrected chi connectivity index (χ0v) is 17.1. The molecule has 1 amide bonds. The second kappa shape index (κ2) is 7.98. The number of carbonyl (C=O) groups is 1. The monoisotopic (exact) mass is 386 g/mol. The Morgan fingerprint density at radius 3 is 2.61 bits per heavy atom. The van der Waals surface area contributed by atoms with Crippen molar-refractivity contribution in [3.05, 3.63) is 58.7 Å². The molecule has 1 unspecified atom stereocenters. The van der Waals surface area contributed by atoms with Crippen LogP contribution in [-0.2, 0) is 4.79 Å². The van der Waals surface area contributed by atoms with Crippen LogP contribution in [0, 0.1) is 17.6 Å². The van der Waals surface area contributed by atoms with Gasteiger partial charge in [-0.2, -0.15) is 5.10 Å². The molecule has 1 heterocycles. The number of allylic oxidation sites excluding steroid dienone is 3. The van der Waals surface area contributed by atoms with Gasteiger partial charge in [-0.15, -0.1) is 0 Å². The summed E-state index contributed by atoms with van der Waals surface area (Å²) >= 11 is 0. The van der Waals surface area contributed by atoms with E-state index in [0.29, 0.717) is 12.1 Å². The molecule has 1 aromatic rings. The molecule has 1 atom stereocenters. The predicted octanol–water partition coefficient (Wildman–Crippen LogP) is 5.76. The number of hydrogen-bond acceptors (Lipinski definition) is 2.